The summed E-state index contributed by atoms with van der Waals surface area (Å²) in [6, 6.07) is 8.17. The van der Waals surface area contributed by atoms with Gasteiger partial charge in [-0.2, -0.15) is 4.68 Å². The lowest BCUT2D eigenvalue weighted by molar-refractivity contribution is 0.0271. The first-order valence-corrected chi connectivity index (χ1v) is 10.8. The van der Waals surface area contributed by atoms with Gasteiger partial charge in [0.25, 0.3) is 0 Å². The number of ether oxygens (including phenoxy) is 1. The fraction of sp³-hybridized carbons (Fsp3) is 0.500. The molecule has 30 heavy (non-hydrogen) atoms. The number of aromatic nitrogens is 3. The number of fused-ring (bicyclic) bond motifs is 1. The van der Waals surface area contributed by atoms with Gasteiger partial charge in [0, 0.05) is 25.7 Å². The zero-order valence-electron chi connectivity index (χ0n) is 17.4. The Hall–Kier alpha value is -2.71. The minimum absolute atomic E-state index is 0.401. The minimum atomic E-state index is 0.401. The summed E-state index contributed by atoms with van der Waals surface area (Å²) in [5.41, 5.74) is 7.34. The molecule has 0 spiro atoms. The molecule has 2 aromatic rings. The third-order valence-electron chi connectivity index (χ3n) is 5.90. The predicted octanol–water partition coefficient (Wildman–Crippen LogP) is 2.10. The highest BCUT2D eigenvalue weighted by Crippen LogP contribution is 2.26. The van der Waals surface area contributed by atoms with Gasteiger partial charge in [0.05, 0.1) is 18.7 Å². The zero-order chi connectivity index (χ0) is 20.8. The Bertz CT molecular complexity index is 905. The lowest BCUT2D eigenvalue weighted by Crippen LogP contribution is -2.41. The van der Waals surface area contributed by atoms with E-state index in [1.54, 1.807) is 10.8 Å². The van der Waals surface area contributed by atoms with Crippen molar-refractivity contribution in [3.63, 3.8) is 0 Å². The minimum Gasteiger partial charge on any atom is -0.404 e. The maximum absolute atomic E-state index is 5.65. The first-order valence-electron chi connectivity index (χ1n) is 10.8. The molecule has 0 amide bonds. The molecule has 160 valence electrons. The number of morpholine rings is 1. The molecule has 8 nitrogen and oxygen atoms in total. The second-order valence-electron chi connectivity index (χ2n) is 8.04. The average molecular weight is 410 g/mol. The molecular weight excluding hydrogens is 378 g/mol. The smallest absolute Gasteiger partial charge is 0.159 e. The van der Waals surface area contributed by atoms with Gasteiger partial charge in [0.1, 0.15) is 11.3 Å². The van der Waals surface area contributed by atoms with Crippen LogP contribution in [-0.2, 0) is 4.74 Å². The van der Waals surface area contributed by atoms with E-state index in [2.05, 4.69) is 32.1 Å². The van der Waals surface area contributed by atoms with Gasteiger partial charge in [-0.3, -0.25) is 4.90 Å². The third-order valence-corrected chi connectivity index (χ3v) is 5.90. The third kappa shape index (κ3) is 5.06. The van der Waals surface area contributed by atoms with Crippen LogP contribution >= 0.6 is 0 Å². The molecule has 1 aromatic carbocycles. The number of hydrogen-bond donors (Lipinski definition) is 2. The molecule has 1 aliphatic carbocycles. The monoisotopic (exact) mass is 409 g/mol. The highest BCUT2D eigenvalue weighted by Gasteiger charge is 2.24. The van der Waals surface area contributed by atoms with E-state index in [4.69, 9.17) is 10.5 Å². The number of nitrogens with two attached hydrogens (primary N) is 1. The number of para-hydroxylation sites is 1. The van der Waals surface area contributed by atoms with Crippen molar-refractivity contribution in [3.8, 4) is 0 Å². The lowest BCUT2D eigenvalue weighted by Gasteiger charge is -2.34. The number of hydrogen-bond acceptors (Lipinski definition) is 7. The van der Waals surface area contributed by atoms with Gasteiger partial charge in [0.2, 0.25) is 0 Å². The van der Waals surface area contributed by atoms with Gasteiger partial charge in [-0.1, -0.05) is 23.9 Å². The number of nitrogens with one attached hydrogen (secondary N) is 1. The van der Waals surface area contributed by atoms with Crippen molar-refractivity contribution in [2.75, 3.05) is 32.8 Å². The highest BCUT2D eigenvalue weighted by atomic mass is 16.5. The van der Waals surface area contributed by atoms with Crippen molar-refractivity contribution in [3.05, 3.63) is 48.9 Å². The van der Waals surface area contributed by atoms with Gasteiger partial charge in [-0.15, -0.1) is 5.10 Å². The molecular formula is C22H31N7O. The van der Waals surface area contributed by atoms with Crippen molar-refractivity contribution in [1.82, 2.24) is 25.2 Å². The summed E-state index contributed by atoms with van der Waals surface area (Å²) in [5, 5.41) is 11.9. The number of benzene rings is 1. The van der Waals surface area contributed by atoms with Crippen LogP contribution < -0.4 is 11.1 Å². The number of aliphatic imine (C=N–C) groups is 1. The largest absolute Gasteiger partial charge is 0.404 e. The average Bonchev–Trinajstić information content (AvgIpc) is 3.20. The van der Waals surface area contributed by atoms with E-state index in [0.29, 0.717) is 17.7 Å². The summed E-state index contributed by atoms with van der Waals surface area (Å²) in [7, 11) is 0. The van der Waals surface area contributed by atoms with Crippen LogP contribution in [0.5, 0.6) is 0 Å². The van der Waals surface area contributed by atoms with Crippen LogP contribution in [0.25, 0.3) is 11.0 Å². The Kier molecular flexibility index (Phi) is 6.76. The van der Waals surface area contributed by atoms with Gasteiger partial charge < -0.3 is 15.8 Å². The first-order chi connectivity index (χ1) is 14.7. The maximum Gasteiger partial charge on any atom is 0.159 e. The molecule has 4 rings (SSSR count). The van der Waals surface area contributed by atoms with E-state index in [-0.39, 0.29) is 0 Å². The van der Waals surface area contributed by atoms with E-state index < -0.39 is 0 Å². The zero-order valence-corrected chi connectivity index (χ0v) is 17.4. The van der Waals surface area contributed by atoms with Crippen LogP contribution in [0.2, 0.25) is 0 Å². The summed E-state index contributed by atoms with van der Waals surface area (Å²) in [4.78, 5) is 7.19. The second kappa shape index (κ2) is 9.86. The topological polar surface area (TPSA) is 93.6 Å². The van der Waals surface area contributed by atoms with Crippen molar-refractivity contribution >= 4 is 16.9 Å². The Morgan fingerprint density at radius 1 is 1.23 bits per heavy atom. The van der Waals surface area contributed by atoms with E-state index in [0.717, 1.165) is 56.1 Å². The van der Waals surface area contributed by atoms with Crippen molar-refractivity contribution < 1.29 is 4.74 Å². The molecule has 1 aromatic heterocycles. The predicted molar refractivity (Wildman–Crippen MR) is 119 cm³/mol. The normalized spacial score (nSPS) is 23.8. The number of nitrogens with zero attached hydrogens (tertiary/aromatic N) is 5. The molecule has 3 N–H and O–H groups in total. The van der Waals surface area contributed by atoms with Crippen molar-refractivity contribution in [1.29, 1.82) is 0 Å². The lowest BCUT2D eigenvalue weighted by atomic mass is 9.85. The summed E-state index contributed by atoms with van der Waals surface area (Å²) < 4.78 is 7.14. The number of allylic oxidation sites excluding steroid dienone is 1. The van der Waals surface area contributed by atoms with Crippen LogP contribution in [-0.4, -0.2) is 64.6 Å². The van der Waals surface area contributed by atoms with Crippen LogP contribution in [0.1, 0.15) is 25.7 Å². The van der Waals surface area contributed by atoms with Gasteiger partial charge in [0.15, 0.2) is 5.84 Å². The van der Waals surface area contributed by atoms with Crippen molar-refractivity contribution in [2.45, 2.75) is 31.7 Å². The van der Waals surface area contributed by atoms with E-state index in [9.17, 15) is 0 Å². The second-order valence-corrected chi connectivity index (χ2v) is 8.04. The fourth-order valence-electron chi connectivity index (χ4n) is 4.32. The van der Waals surface area contributed by atoms with Crippen LogP contribution in [0.4, 0.5) is 0 Å². The van der Waals surface area contributed by atoms with Crippen LogP contribution in [0.15, 0.2) is 53.9 Å². The Morgan fingerprint density at radius 3 is 2.77 bits per heavy atom. The van der Waals surface area contributed by atoms with Gasteiger partial charge >= 0.3 is 0 Å². The maximum atomic E-state index is 5.65. The molecule has 8 heteroatoms. The van der Waals surface area contributed by atoms with Gasteiger partial charge in [-0.05, 0) is 56.0 Å². The Balaban J connectivity index is 1.34. The standard InChI is InChI=1S/C22H31N7O/c1-17(24-19-8-6-18(7-9-19)16-28-12-14-30-15-13-28)25-22(10-11-23)29-21-5-3-2-4-20(21)26-27-29/h2-5,10-11,18-19,24H,1,6-9,12-16,23H2/b11-10-,25-22+. The molecule has 1 aliphatic heterocycles. The Morgan fingerprint density at radius 2 is 2.00 bits per heavy atom. The summed E-state index contributed by atoms with van der Waals surface area (Å²) >= 11 is 0. The summed E-state index contributed by atoms with van der Waals surface area (Å²) in [6.07, 6.45) is 7.91. The summed E-state index contributed by atoms with van der Waals surface area (Å²) in [5.74, 6) is 1.99. The van der Waals surface area contributed by atoms with E-state index >= 15 is 0 Å². The quantitative estimate of drug-likeness (QED) is 0.561. The SMILES string of the molecule is C=C(/N=C(\C=C/N)n1nnc2ccccc21)NC1CCC(CN2CCOCC2)CC1. The molecule has 1 saturated carbocycles. The molecule has 0 unspecified atom stereocenters. The van der Waals surface area contributed by atoms with Crippen LogP contribution in [0.3, 0.4) is 0 Å². The molecule has 0 atom stereocenters. The first kappa shape index (κ1) is 20.6. The molecule has 2 heterocycles. The molecule has 2 fully saturated rings. The highest BCUT2D eigenvalue weighted by molar-refractivity contribution is 5.99. The number of rotatable bonds is 6. The molecule has 2 aliphatic rings. The fourth-order valence-corrected chi connectivity index (χ4v) is 4.32. The molecule has 0 bridgehead atoms. The molecule has 1 saturated heterocycles. The van der Waals surface area contributed by atoms with Gasteiger partial charge in [-0.25, -0.2) is 4.99 Å². The molecule has 0 radical (unpaired) electrons. The Labute approximate surface area is 177 Å². The van der Waals surface area contributed by atoms with E-state index in [1.807, 2.05) is 24.3 Å². The summed E-state index contributed by atoms with van der Waals surface area (Å²) in [6.45, 7) is 9.19. The van der Waals surface area contributed by atoms with Crippen molar-refractivity contribution in [2.24, 2.45) is 16.6 Å². The van der Waals surface area contributed by atoms with Crippen LogP contribution in [0, 0.1) is 5.92 Å². The van der Waals surface area contributed by atoms with E-state index in [1.165, 1.54) is 25.6 Å².